The number of hydrazine groups is 1. The van der Waals surface area contributed by atoms with Crippen molar-refractivity contribution in [3.8, 4) is 0 Å². The maximum atomic E-state index is 14.2. The van der Waals surface area contributed by atoms with E-state index in [4.69, 9.17) is 45.5 Å². The van der Waals surface area contributed by atoms with Crippen LogP contribution in [0.15, 0.2) is 42.5 Å². The predicted octanol–water partition coefficient (Wildman–Crippen LogP) is 6.36. The van der Waals surface area contributed by atoms with Gasteiger partial charge in [-0.25, -0.2) is 10.9 Å². The first kappa shape index (κ1) is 25.1. The van der Waals surface area contributed by atoms with Crippen LogP contribution in [0.3, 0.4) is 0 Å². The lowest BCUT2D eigenvalue weighted by molar-refractivity contribution is -0.269. The van der Waals surface area contributed by atoms with Crippen LogP contribution in [0.2, 0.25) is 15.1 Å². The highest BCUT2D eigenvalue weighted by Crippen LogP contribution is 2.48. The first-order valence-electron chi connectivity index (χ1n) is 9.12. The Labute approximate surface area is 205 Å². The molecule has 3 N–H and O–H groups in total. The lowest BCUT2D eigenvalue weighted by Crippen LogP contribution is -2.42. The Bertz CT molecular complexity index is 1050. The monoisotopic (exact) mass is 571 g/mol. The van der Waals surface area contributed by atoms with Gasteiger partial charge in [0.25, 0.3) is 0 Å². The highest BCUT2D eigenvalue weighted by Gasteiger charge is 2.59. The summed E-state index contributed by atoms with van der Waals surface area (Å²) in [5, 5.41) is 1.69. The van der Waals surface area contributed by atoms with Crippen LogP contribution < -0.4 is 16.3 Å². The van der Waals surface area contributed by atoms with Crippen molar-refractivity contribution < 1.29 is 22.8 Å². The number of carbonyl (C=O) groups excluding carboxylic acids is 1. The molecule has 0 bridgehead atoms. The molecule has 3 rings (SSSR count). The summed E-state index contributed by atoms with van der Waals surface area (Å²) in [6.45, 7) is 0. The molecule has 2 aromatic carbocycles. The van der Waals surface area contributed by atoms with E-state index < -0.39 is 17.7 Å². The second kappa shape index (κ2) is 9.79. The second-order valence-corrected chi connectivity index (χ2v) is 8.95. The van der Waals surface area contributed by atoms with Gasteiger partial charge in [0, 0.05) is 32.9 Å². The van der Waals surface area contributed by atoms with Crippen LogP contribution in [0, 0.1) is 0 Å². The number of halogens is 7. The van der Waals surface area contributed by atoms with E-state index in [9.17, 15) is 18.0 Å². The molecular weight excluding hydrogens is 557 g/mol. The maximum Gasteiger partial charge on any atom is 0.428 e. The Balaban J connectivity index is 2.04. The van der Waals surface area contributed by atoms with Crippen LogP contribution in [0.4, 0.5) is 18.9 Å². The van der Waals surface area contributed by atoms with Gasteiger partial charge in [0.05, 0.1) is 16.4 Å². The molecule has 1 aliphatic rings. The SMILES string of the molecule is NN(C(=O)CCCBr)c1cc(C2=CC(c3cc(Cl)cc(Cl)c3)(C(F)(F)F)ON2)ccc1Cl. The molecule has 1 aliphatic heterocycles. The number of hydrogen-bond donors (Lipinski definition) is 2. The zero-order chi connectivity index (χ0) is 23.7. The molecule has 1 unspecified atom stereocenters. The van der Waals surface area contributed by atoms with Crippen LogP contribution >= 0.6 is 50.7 Å². The number of benzene rings is 2. The number of nitrogens with two attached hydrogens (primary N) is 1. The molecule has 0 aromatic heterocycles. The molecule has 1 heterocycles. The first-order chi connectivity index (χ1) is 15.0. The van der Waals surface area contributed by atoms with Crippen molar-refractivity contribution in [3.63, 3.8) is 0 Å². The molecule has 5 nitrogen and oxygen atoms in total. The minimum absolute atomic E-state index is 0.00218. The summed E-state index contributed by atoms with van der Waals surface area (Å²) in [5.74, 6) is 5.50. The van der Waals surface area contributed by atoms with E-state index in [-0.39, 0.29) is 44.0 Å². The fraction of sp³-hybridized carbons (Fsp3) is 0.250. The van der Waals surface area contributed by atoms with E-state index in [2.05, 4.69) is 21.4 Å². The van der Waals surface area contributed by atoms with Crippen molar-refractivity contribution in [1.82, 2.24) is 5.48 Å². The fourth-order valence-electron chi connectivity index (χ4n) is 3.09. The molecule has 32 heavy (non-hydrogen) atoms. The molecule has 0 saturated carbocycles. The molecular formula is C20H16BrCl3F3N3O2. The van der Waals surface area contributed by atoms with E-state index in [1.807, 2.05) is 0 Å². The Morgan fingerprint density at radius 3 is 2.41 bits per heavy atom. The van der Waals surface area contributed by atoms with Crippen molar-refractivity contribution in [1.29, 1.82) is 0 Å². The number of rotatable bonds is 6. The van der Waals surface area contributed by atoms with Crippen LogP contribution in [0.25, 0.3) is 5.70 Å². The largest absolute Gasteiger partial charge is 0.428 e. The van der Waals surface area contributed by atoms with Crippen LogP contribution in [0.1, 0.15) is 24.0 Å². The topological polar surface area (TPSA) is 67.6 Å². The third-order valence-corrected chi connectivity index (χ3v) is 6.01. The number of nitrogens with zero attached hydrogens (tertiary/aromatic N) is 1. The van der Waals surface area contributed by atoms with E-state index in [0.29, 0.717) is 11.8 Å². The van der Waals surface area contributed by atoms with Gasteiger partial charge in [-0.2, -0.15) is 13.2 Å². The number of hydroxylamine groups is 1. The third kappa shape index (κ3) is 5.03. The van der Waals surface area contributed by atoms with Crippen LogP contribution in [-0.2, 0) is 15.2 Å². The summed E-state index contributed by atoms with van der Waals surface area (Å²) in [6, 6.07) is 7.86. The lowest BCUT2D eigenvalue weighted by Gasteiger charge is -2.28. The van der Waals surface area contributed by atoms with Gasteiger partial charge < -0.3 is 0 Å². The normalized spacial score (nSPS) is 18.3. The summed E-state index contributed by atoms with van der Waals surface area (Å²) < 4.78 is 42.5. The van der Waals surface area contributed by atoms with E-state index >= 15 is 0 Å². The van der Waals surface area contributed by atoms with Crippen molar-refractivity contribution in [2.45, 2.75) is 24.6 Å². The van der Waals surface area contributed by atoms with Gasteiger partial charge >= 0.3 is 6.18 Å². The summed E-state index contributed by atoms with van der Waals surface area (Å²) >= 11 is 21.2. The zero-order valence-corrected chi connectivity index (χ0v) is 20.0. The van der Waals surface area contributed by atoms with Gasteiger partial charge in [-0.15, -0.1) is 0 Å². The smallest absolute Gasteiger partial charge is 0.273 e. The second-order valence-electron chi connectivity index (χ2n) is 6.88. The lowest BCUT2D eigenvalue weighted by atomic mass is 9.91. The molecule has 0 aliphatic carbocycles. The minimum Gasteiger partial charge on any atom is -0.273 e. The summed E-state index contributed by atoms with van der Waals surface area (Å²) in [4.78, 5) is 17.3. The maximum absolute atomic E-state index is 14.2. The van der Waals surface area contributed by atoms with Crippen molar-refractivity contribution in [3.05, 3.63) is 68.7 Å². The number of amides is 1. The Morgan fingerprint density at radius 1 is 1.16 bits per heavy atom. The molecule has 0 radical (unpaired) electrons. The highest BCUT2D eigenvalue weighted by molar-refractivity contribution is 9.09. The Hall–Kier alpha value is -1.49. The third-order valence-electron chi connectivity index (χ3n) is 4.69. The average molecular weight is 574 g/mol. The van der Waals surface area contributed by atoms with Gasteiger partial charge in [0.1, 0.15) is 0 Å². The Kier molecular flexibility index (Phi) is 7.69. The van der Waals surface area contributed by atoms with E-state index in [1.165, 1.54) is 24.3 Å². The number of hydrogen-bond acceptors (Lipinski definition) is 4. The van der Waals surface area contributed by atoms with E-state index in [1.54, 1.807) is 0 Å². The van der Waals surface area contributed by atoms with Crippen LogP contribution in [0.5, 0.6) is 0 Å². The molecule has 0 spiro atoms. The number of alkyl halides is 4. The van der Waals surface area contributed by atoms with Crippen LogP contribution in [-0.4, -0.2) is 17.4 Å². The van der Waals surface area contributed by atoms with Crippen molar-refractivity contribution >= 4 is 68.0 Å². The molecule has 1 atom stereocenters. The fourth-order valence-corrected chi connectivity index (χ4v) is 4.11. The molecule has 0 fully saturated rings. The summed E-state index contributed by atoms with van der Waals surface area (Å²) in [5.41, 5.74) is -0.416. The van der Waals surface area contributed by atoms with Crippen molar-refractivity contribution in [2.24, 2.45) is 5.84 Å². The average Bonchev–Trinajstić information content (AvgIpc) is 3.18. The molecule has 2 aromatic rings. The summed E-state index contributed by atoms with van der Waals surface area (Å²) in [6.07, 6.45) is -3.26. The molecule has 0 saturated heterocycles. The van der Waals surface area contributed by atoms with Gasteiger partial charge in [-0.05, 0) is 42.8 Å². The molecule has 1 amide bonds. The molecule has 172 valence electrons. The highest BCUT2D eigenvalue weighted by atomic mass is 79.9. The number of nitrogens with one attached hydrogen (secondary N) is 1. The standard InChI is InChI=1S/C20H16BrCl3F3N3O2/c21-5-1-2-18(31)30(28)17-6-11(3-4-15(17)24)16-10-19(32-29-16,20(25,26)27)12-7-13(22)9-14(23)8-12/h3-4,6-10,29H,1-2,5,28H2. The van der Waals surface area contributed by atoms with Crippen molar-refractivity contribution in [2.75, 3.05) is 10.3 Å². The van der Waals surface area contributed by atoms with Gasteiger partial charge in [-0.1, -0.05) is 56.8 Å². The van der Waals surface area contributed by atoms with E-state index in [0.717, 1.165) is 23.2 Å². The molecule has 12 heteroatoms. The first-order valence-corrected chi connectivity index (χ1v) is 11.4. The predicted molar refractivity (Wildman–Crippen MR) is 123 cm³/mol. The van der Waals surface area contributed by atoms with Gasteiger partial charge in [0.15, 0.2) is 0 Å². The number of anilines is 1. The summed E-state index contributed by atoms with van der Waals surface area (Å²) in [7, 11) is 0. The Morgan fingerprint density at radius 2 is 1.81 bits per heavy atom. The number of carbonyl (C=O) groups is 1. The van der Waals surface area contributed by atoms with Gasteiger partial charge in [0.2, 0.25) is 11.5 Å². The zero-order valence-electron chi connectivity index (χ0n) is 16.1. The minimum atomic E-state index is -4.85. The quantitative estimate of drug-likeness (QED) is 0.183. The van der Waals surface area contributed by atoms with Gasteiger partial charge in [-0.3, -0.25) is 15.1 Å².